The second kappa shape index (κ2) is 15.7. The summed E-state index contributed by atoms with van der Waals surface area (Å²) in [7, 11) is 0. The Morgan fingerprint density at radius 2 is 0.933 bits per heavy atom. The third-order valence-electron chi connectivity index (χ3n) is 15.4. The highest BCUT2D eigenvalue weighted by Gasteiger charge is 2.34. The summed E-state index contributed by atoms with van der Waals surface area (Å²) in [6.45, 7) is 9.54. The zero-order valence-electron chi connectivity index (χ0n) is 39.8. The van der Waals surface area contributed by atoms with E-state index >= 15 is 0 Å². The Morgan fingerprint density at radius 1 is 0.413 bits per heavy atom. The quantitative estimate of drug-likeness (QED) is 0.161. The Morgan fingerprint density at radius 3 is 1.64 bits per heavy atom. The van der Waals surface area contributed by atoms with Gasteiger partial charge in [0.15, 0.2) is 11.2 Å². The molecule has 7 heteroatoms. The first-order valence-corrected chi connectivity index (χ1v) is 25.7. The van der Waals surface area contributed by atoms with E-state index in [-0.39, 0.29) is 0 Å². The molecule has 6 nitrogen and oxygen atoms in total. The minimum Gasteiger partial charge on any atom is -0.454 e. The molecule has 75 heavy (non-hydrogen) atoms. The summed E-state index contributed by atoms with van der Waals surface area (Å²) in [5, 5.41) is 22.4. The molecule has 0 aliphatic rings. The van der Waals surface area contributed by atoms with Crippen LogP contribution in [0.2, 0.25) is 0 Å². The predicted molar refractivity (Wildman–Crippen MR) is 310 cm³/mol. The maximum absolute atomic E-state index is 12.2. The SMILES string of the molecule is [C-]#[N+]c1c(-c2ccccc2)c(C#N)c(-n2c3ccccc3c3ccc4c5ccc(-c6ccccc6)cc5oc4c32)c(-c2ccccc2)c1-n1c2c(ccc3c4ccccc4oc32)c2ccc3c4ccccc4sc3c21. The Balaban J connectivity index is 1.18. The molecule has 0 unspecified atom stereocenters. The normalized spacial score (nSPS) is 12.0. The summed E-state index contributed by atoms with van der Waals surface area (Å²) in [6, 6.07) is 78.3. The van der Waals surface area contributed by atoms with Gasteiger partial charge in [-0.05, 0) is 64.7 Å². The van der Waals surface area contributed by atoms with Crippen molar-refractivity contribution >= 4 is 125 Å². The number of benzene rings is 11. The summed E-state index contributed by atoms with van der Waals surface area (Å²) in [4.78, 5) is 4.64. The zero-order chi connectivity index (χ0) is 49.5. The number of rotatable bonds is 5. The third-order valence-corrected chi connectivity index (χ3v) is 16.6. The van der Waals surface area contributed by atoms with Crippen LogP contribution in [0.1, 0.15) is 5.56 Å². The number of nitriles is 1. The van der Waals surface area contributed by atoms with Gasteiger partial charge in [0.2, 0.25) is 5.69 Å². The summed E-state index contributed by atoms with van der Waals surface area (Å²) >= 11 is 1.76. The molecule has 0 atom stereocenters. The van der Waals surface area contributed by atoms with Gasteiger partial charge in [0.1, 0.15) is 17.2 Å². The number of nitrogens with zero attached hydrogens (tertiary/aromatic N) is 4. The molecular weight excluding hydrogens is 937 g/mol. The molecular formula is C68H36N4O2S. The molecule has 0 aliphatic heterocycles. The molecule has 0 saturated heterocycles. The summed E-state index contributed by atoms with van der Waals surface area (Å²) in [6.07, 6.45) is 0. The summed E-state index contributed by atoms with van der Waals surface area (Å²) in [5.41, 5.74) is 13.5. The van der Waals surface area contributed by atoms with Crippen molar-refractivity contribution in [1.29, 1.82) is 5.26 Å². The van der Waals surface area contributed by atoms with E-state index in [2.05, 4.69) is 166 Å². The van der Waals surface area contributed by atoms with E-state index in [0.717, 1.165) is 120 Å². The number of hydrogen-bond donors (Lipinski definition) is 0. The fourth-order valence-electron chi connectivity index (χ4n) is 12.2. The number of thiophene rings is 1. The van der Waals surface area contributed by atoms with E-state index in [1.807, 2.05) is 72.8 Å². The molecule has 346 valence electrons. The van der Waals surface area contributed by atoms with Crippen molar-refractivity contribution in [2.24, 2.45) is 0 Å². The Labute approximate surface area is 431 Å². The van der Waals surface area contributed by atoms with Crippen molar-refractivity contribution in [3.05, 3.63) is 235 Å². The first kappa shape index (κ1) is 41.4. The smallest absolute Gasteiger partial charge is 0.220 e. The van der Waals surface area contributed by atoms with Crippen LogP contribution in [0.25, 0.3) is 157 Å². The maximum Gasteiger partial charge on any atom is 0.220 e. The molecule has 5 aromatic heterocycles. The minimum atomic E-state index is 0.355. The van der Waals surface area contributed by atoms with Gasteiger partial charge in [-0.15, -0.1) is 11.3 Å². The lowest BCUT2D eigenvalue weighted by atomic mass is 9.88. The van der Waals surface area contributed by atoms with Crippen molar-refractivity contribution in [2.75, 3.05) is 0 Å². The van der Waals surface area contributed by atoms with Gasteiger partial charge in [-0.1, -0.05) is 176 Å². The Kier molecular flexibility index (Phi) is 8.65. The van der Waals surface area contributed by atoms with Crippen LogP contribution in [0.5, 0.6) is 0 Å². The first-order chi connectivity index (χ1) is 37.2. The van der Waals surface area contributed by atoms with Gasteiger partial charge < -0.3 is 18.0 Å². The summed E-state index contributed by atoms with van der Waals surface area (Å²) < 4.78 is 21.1. The van der Waals surface area contributed by atoms with Crippen LogP contribution in [-0.2, 0) is 0 Å². The van der Waals surface area contributed by atoms with Crippen molar-refractivity contribution in [1.82, 2.24) is 9.13 Å². The molecule has 0 bridgehead atoms. The third kappa shape index (κ3) is 5.70. The average Bonchev–Trinajstić information content (AvgIpc) is 4.42. The molecule has 0 spiro atoms. The number of para-hydroxylation sites is 2. The number of aromatic nitrogens is 2. The first-order valence-electron chi connectivity index (χ1n) is 24.9. The highest BCUT2D eigenvalue weighted by molar-refractivity contribution is 7.26. The van der Waals surface area contributed by atoms with Gasteiger partial charge in [0, 0.05) is 69.7 Å². The highest BCUT2D eigenvalue weighted by Crippen LogP contribution is 2.55. The van der Waals surface area contributed by atoms with Crippen molar-refractivity contribution < 1.29 is 8.83 Å². The average molecular weight is 973 g/mol. The molecule has 5 heterocycles. The molecule has 0 amide bonds. The van der Waals surface area contributed by atoms with Crippen molar-refractivity contribution in [3.63, 3.8) is 0 Å². The minimum absolute atomic E-state index is 0.355. The van der Waals surface area contributed by atoms with Crippen molar-refractivity contribution in [3.8, 4) is 50.8 Å². The van der Waals surface area contributed by atoms with Crippen LogP contribution in [-0.4, -0.2) is 9.13 Å². The fourth-order valence-corrected chi connectivity index (χ4v) is 13.5. The molecule has 0 N–H and O–H groups in total. The molecule has 16 aromatic rings. The lowest BCUT2D eigenvalue weighted by Gasteiger charge is -2.25. The predicted octanol–water partition coefficient (Wildman–Crippen LogP) is 19.5. The molecule has 16 rings (SSSR count). The van der Waals surface area contributed by atoms with Crippen LogP contribution in [0.3, 0.4) is 0 Å². The maximum atomic E-state index is 12.2. The number of furan rings is 2. The standard InChI is InChI=1S/C68H36N4O2S/c1-70-60-58(40-19-7-3-8-20-40)53(38-69)61(71-54-26-14-11-23-43(54)47-31-34-51-45-30-29-42(39-17-5-2-6-18-39)37-56(45)74-66(51)62(47)71)59(41-21-9-4-10-22-41)65(60)72-63-48(32-35-50-44-24-12-15-27-55(44)73-67(50)63)49-33-36-52-46-25-13-16-28-57(46)75-68(52)64(49)72/h2-37H. The van der Waals surface area contributed by atoms with E-state index < -0.39 is 0 Å². The van der Waals surface area contributed by atoms with E-state index in [9.17, 15) is 11.8 Å². The van der Waals surface area contributed by atoms with Gasteiger partial charge in [-0.2, -0.15) is 5.26 Å². The van der Waals surface area contributed by atoms with Gasteiger partial charge in [0.05, 0.1) is 50.3 Å². The molecule has 0 fully saturated rings. The second-order valence-electron chi connectivity index (χ2n) is 19.2. The second-order valence-corrected chi connectivity index (χ2v) is 20.3. The fraction of sp³-hybridized carbons (Fsp3) is 0. The van der Waals surface area contributed by atoms with Crippen LogP contribution >= 0.6 is 11.3 Å². The Bertz CT molecular complexity index is 5070. The van der Waals surface area contributed by atoms with E-state index in [4.69, 9.17) is 8.83 Å². The monoisotopic (exact) mass is 972 g/mol. The zero-order valence-corrected chi connectivity index (χ0v) is 40.6. The lowest BCUT2D eigenvalue weighted by molar-refractivity contribution is 0.671. The molecule has 0 radical (unpaired) electrons. The molecule has 0 saturated carbocycles. The van der Waals surface area contributed by atoms with Crippen LogP contribution in [0.15, 0.2) is 227 Å². The summed E-state index contributed by atoms with van der Waals surface area (Å²) in [5.74, 6) is 0. The Hall–Kier alpha value is -10.2. The largest absolute Gasteiger partial charge is 0.454 e. The van der Waals surface area contributed by atoms with Gasteiger partial charge >= 0.3 is 0 Å². The van der Waals surface area contributed by atoms with Gasteiger partial charge in [-0.3, -0.25) is 0 Å². The van der Waals surface area contributed by atoms with E-state index in [0.29, 0.717) is 33.8 Å². The lowest BCUT2D eigenvalue weighted by Crippen LogP contribution is -2.09. The molecule has 11 aromatic carbocycles. The number of hydrogen-bond acceptors (Lipinski definition) is 4. The molecule has 0 aliphatic carbocycles. The highest BCUT2D eigenvalue weighted by atomic mass is 32.1. The van der Waals surface area contributed by atoms with Gasteiger partial charge in [-0.25, -0.2) is 4.85 Å². The van der Waals surface area contributed by atoms with Crippen LogP contribution in [0, 0.1) is 17.9 Å². The van der Waals surface area contributed by atoms with E-state index in [1.165, 1.54) is 10.1 Å². The van der Waals surface area contributed by atoms with Crippen LogP contribution < -0.4 is 0 Å². The van der Waals surface area contributed by atoms with Gasteiger partial charge in [0.25, 0.3) is 0 Å². The topological polar surface area (TPSA) is 64.3 Å². The number of fused-ring (bicyclic) bond motifs is 18. The van der Waals surface area contributed by atoms with Crippen LogP contribution in [0.4, 0.5) is 5.69 Å². The van der Waals surface area contributed by atoms with E-state index in [1.54, 1.807) is 11.3 Å². The van der Waals surface area contributed by atoms with Crippen molar-refractivity contribution in [2.45, 2.75) is 0 Å².